The van der Waals surface area contributed by atoms with E-state index in [1.54, 1.807) is 0 Å². The summed E-state index contributed by atoms with van der Waals surface area (Å²) in [5.41, 5.74) is 0. The van der Waals surface area contributed by atoms with Gasteiger partial charge in [-0.1, -0.05) is 55.2 Å². The normalized spacial score (nSPS) is 28.5. The summed E-state index contributed by atoms with van der Waals surface area (Å²) in [6.07, 6.45) is 10.4. The number of hydrogen-bond acceptors (Lipinski definition) is 0. The van der Waals surface area contributed by atoms with Gasteiger partial charge in [0.05, 0.1) is 0 Å². The zero-order chi connectivity index (χ0) is 8.81. The van der Waals surface area contributed by atoms with Gasteiger partial charge in [0.1, 0.15) is 0 Å². The fourth-order valence-corrected chi connectivity index (χ4v) is 2.81. The molecule has 1 heteroatoms. The number of hydrogen-bond donors (Lipinski definition) is 0. The van der Waals surface area contributed by atoms with E-state index < -0.39 is 0 Å². The Morgan fingerprint density at radius 3 is 2.25 bits per heavy atom. The fraction of sp³-hybridized carbons (Fsp3) is 1.00. The van der Waals surface area contributed by atoms with Crippen molar-refractivity contribution >= 4 is 22.6 Å². The second-order valence-electron chi connectivity index (χ2n) is 4.07. The summed E-state index contributed by atoms with van der Waals surface area (Å²) in [7, 11) is 0. The Kier molecular flexibility index (Phi) is 5.61. The second-order valence-corrected chi connectivity index (χ2v) is 5.15. The summed E-state index contributed by atoms with van der Waals surface area (Å²) < 4.78 is 1.35. The van der Waals surface area contributed by atoms with E-state index >= 15 is 0 Å². The van der Waals surface area contributed by atoms with Crippen LogP contribution >= 0.6 is 22.6 Å². The molecular weight excluding hydrogens is 259 g/mol. The molecule has 0 aliphatic heterocycles. The Bertz CT molecular complexity index is 112. The highest BCUT2D eigenvalue weighted by molar-refractivity contribution is 14.1. The van der Waals surface area contributed by atoms with Crippen LogP contribution in [0.3, 0.4) is 0 Å². The summed E-state index contributed by atoms with van der Waals surface area (Å²) in [6, 6.07) is 0. The SMILES string of the molecule is CCCC1CCC1CCCCI. The van der Waals surface area contributed by atoms with Gasteiger partial charge in [0.2, 0.25) is 0 Å². The van der Waals surface area contributed by atoms with Crippen molar-refractivity contribution in [2.24, 2.45) is 11.8 Å². The van der Waals surface area contributed by atoms with Gasteiger partial charge in [-0.3, -0.25) is 0 Å². The number of halogens is 1. The molecule has 0 aromatic carbocycles. The first-order valence-corrected chi connectivity index (χ1v) is 6.97. The first kappa shape index (κ1) is 10.8. The van der Waals surface area contributed by atoms with Gasteiger partial charge in [-0.05, 0) is 35.5 Å². The van der Waals surface area contributed by atoms with E-state index in [0.717, 1.165) is 11.8 Å². The van der Waals surface area contributed by atoms with Crippen LogP contribution in [-0.2, 0) is 0 Å². The van der Waals surface area contributed by atoms with Crippen molar-refractivity contribution in [3.05, 3.63) is 0 Å². The van der Waals surface area contributed by atoms with Gasteiger partial charge >= 0.3 is 0 Å². The standard InChI is InChI=1S/C11H21I/c1-2-5-10-7-8-11(10)6-3-4-9-12/h10-11H,2-9H2,1H3. The molecule has 72 valence electrons. The topological polar surface area (TPSA) is 0 Å². The first-order valence-electron chi connectivity index (χ1n) is 5.44. The van der Waals surface area contributed by atoms with Crippen molar-refractivity contribution in [3.8, 4) is 0 Å². The third kappa shape index (κ3) is 3.23. The smallest absolute Gasteiger partial charge is 0.000473 e. The zero-order valence-corrected chi connectivity index (χ0v) is 10.3. The molecule has 0 spiro atoms. The maximum absolute atomic E-state index is 2.49. The second kappa shape index (κ2) is 6.22. The fourth-order valence-electron chi connectivity index (χ4n) is 2.27. The number of rotatable bonds is 6. The molecule has 0 N–H and O–H groups in total. The van der Waals surface area contributed by atoms with Crippen molar-refractivity contribution in [3.63, 3.8) is 0 Å². The molecule has 0 saturated heterocycles. The Balaban J connectivity index is 2.00. The van der Waals surface area contributed by atoms with Gasteiger partial charge in [-0.15, -0.1) is 0 Å². The van der Waals surface area contributed by atoms with Gasteiger partial charge in [0.15, 0.2) is 0 Å². The summed E-state index contributed by atoms with van der Waals surface area (Å²) >= 11 is 2.49. The zero-order valence-electron chi connectivity index (χ0n) is 8.19. The van der Waals surface area contributed by atoms with E-state index in [4.69, 9.17) is 0 Å². The molecule has 0 amide bonds. The van der Waals surface area contributed by atoms with E-state index in [1.165, 1.54) is 49.4 Å². The van der Waals surface area contributed by atoms with Crippen LogP contribution < -0.4 is 0 Å². The predicted octanol–water partition coefficient (Wildman–Crippen LogP) is 4.42. The highest BCUT2D eigenvalue weighted by Gasteiger charge is 2.28. The highest BCUT2D eigenvalue weighted by Crippen LogP contribution is 2.40. The third-order valence-corrected chi connectivity index (χ3v) is 3.96. The van der Waals surface area contributed by atoms with Crippen molar-refractivity contribution in [2.45, 2.75) is 51.9 Å². The van der Waals surface area contributed by atoms with Gasteiger partial charge in [-0.2, -0.15) is 0 Å². The Hall–Kier alpha value is 0.730. The Morgan fingerprint density at radius 1 is 1.08 bits per heavy atom. The van der Waals surface area contributed by atoms with Gasteiger partial charge in [-0.25, -0.2) is 0 Å². The molecular formula is C11H21I. The molecule has 0 radical (unpaired) electrons. The first-order chi connectivity index (χ1) is 5.88. The minimum absolute atomic E-state index is 1.12. The molecule has 2 unspecified atom stereocenters. The van der Waals surface area contributed by atoms with Crippen molar-refractivity contribution < 1.29 is 0 Å². The summed E-state index contributed by atoms with van der Waals surface area (Å²) in [5, 5.41) is 0. The molecule has 0 heterocycles. The molecule has 1 rings (SSSR count). The van der Waals surface area contributed by atoms with Crippen molar-refractivity contribution in [1.29, 1.82) is 0 Å². The Morgan fingerprint density at radius 2 is 1.75 bits per heavy atom. The monoisotopic (exact) mass is 280 g/mol. The lowest BCUT2D eigenvalue weighted by molar-refractivity contribution is 0.149. The van der Waals surface area contributed by atoms with E-state index in [1.807, 2.05) is 0 Å². The molecule has 1 saturated carbocycles. The lowest BCUT2D eigenvalue weighted by Crippen LogP contribution is -2.25. The molecule has 0 nitrogen and oxygen atoms in total. The molecule has 1 aliphatic carbocycles. The summed E-state index contributed by atoms with van der Waals surface area (Å²) in [5.74, 6) is 2.23. The molecule has 0 aromatic rings. The van der Waals surface area contributed by atoms with Crippen molar-refractivity contribution in [1.82, 2.24) is 0 Å². The summed E-state index contributed by atoms with van der Waals surface area (Å²) in [4.78, 5) is 0. The minimum Gasteiger partial charge on any atom is -0.0864 e. The molecule has 2 atom stereocenters. The van der Waals surface area contributed by atoms with Crippen LogP contribution in [0.4, 0.5) is 0 Å². The lowest BCUT2D eigenvalue weighted by atomic mass is 9.69. The van der Waals surface area contributed by atoms with E-state index in [2.05, 4.69) is 29.5 Å². The van der Waals surface area contributed by atoms with Crippen LogP contribution in [-0.4, -0.2) is 4.43 Å². The Labute approximate surface area is 90.6 Å². The van der Waals surface area contributed by atoms with Gasteiger partial charge in [0.25, 0.3) is 0 Å². The molecule has 1 aliphatic rings. The average Bonchev–Trinajstić information content (AvgIpc) is 2.06. The van der Waals surface area contributed by atoms with Crippen LogP contribution in [0.25, 0.3) is 0 Å². The molecule has 12 heavy (non-hydrogen) atoms. The molecule has 0 aromatic heterocycles. The number of alkyl halides is 1. The quantitative estimate of drug-likeness (QED) is 0.384. The molecule has 1 fully saturated rings. The maximum Gasteiger partial charge on any atom is -0.000473 e. The predicted molar refractivity (Wildman–Crippen MR) is 63.9 cm³/mol. The summed E-state index contributed by atoms with van der Waals surface area (Å²) in [6.45, 7) is 2.32. The molecule has 0 bridgehead atoms. The lowest BCUT2D eigenvalue weighted by Gasteiger charge is -2.36. The van der Waals surface area contributed by atoms with Gasteiger partial charge in [0, 0.05) is 0 Å². The number of unbranched alkanes of at least 4 members (excludes halogenated alkanes) is 1. The average molecular weight is 280 g/mol. The van der Waals surface area contributed by atoms with Crippen LogP contribution in [0.15, 0.2) is 0 Å². The largest absolute Gasteiger partial charge is 0.0864 e. The van der Waals surface area contributed by atoms with Crippen LogP contribution in [0, 0.1) is 11.8 Å². The van der Waals surface area contributed by atoms with Gasteiger partial charge < -0.3 is 0 Å². The minimum atomic E-state index is 1.12. The third-order valence-electron chi connectivity index (χ3n) is 3.19. The van der Waals surface area contributed by atoms with E-state index in [9.17, 15) is 0 Å². The van der Waals surface area contributed by atoms with E-state index in [-0.39, 0.29) is 0 Å². The van der Waals surface area contributed by atoms with Crippen molar-refractivity contribution in [2.75, 3.05) is 4.43 Å². The van der Waals surface area contributed by atoms with Crippen LogP contribution in [0.5, 0.6) is 0 Å². The maximum atomic E-state index is 2.49. The van der Waals surface area contributed by atoms with Crippen LogP contribution in [0.2, 0.25) is 0 Å². The van der Waals surface area contributed by atoms with Crippen LogP contribution in [0.1, 0.15) is 51.9 Å². The van der Waals surface area contributed by atoms with E-state index in [0.29, 0.717) is 0 Å². The highest BCUT2D eigenvalue weighted by atomic mass is 127.